The molecule has 7 nitrogen and oxygen atoms in total. The molecular formula is C14H16BrN5O2S. The number of aryl methyl sites for hydroxylation is 1. The molecule has 3 N–H and O–H groups in total. The van der Waals surface area contributed by atoms with Gasteiger partial charge in [-0.05, 0) is 25.5 Å². The highest BCUT2D eigenvalue weighted by Gasteiger charge is 2.14. The van der Waals surface area contributed by atoms with Crippen molar-refractivity contribution in [2.75, 3.05) is 11.6 Å². The van der Waals surface area contributed by atoms with E-state index in [9.17, 15) is 9.59 Å². The summed E-state index contributed by atoms with van der Waals surface area (Å²) < 4.78 is 1.83. The molecule has 1 atom stereocenters. The molecule has 1 amide bonds. The highest BCUT2D eigenvalue weighted by Crippen LogP contribution is 2.23. The third-order valence-electron chi connectivity index (χ3n) is 3.10. The fourth-order valence-electron chi connectivity index (χ4n) is 1.89. The molecule has 0 fully saturated rings. The first-order chi connectivity index (χ1) is 10.9. The Labute approximate surface area is 145 Å². The third kappa shape index (κ3) is 4.32. The minimum Gasteiger partial charge on any atom is -0.349 e. The molecule has 9 heteroatoms. The van der Waals surface area contributed by atoms with Crippen LogP contribution in [0.4, 0.5) is 0 Å². The largest absolute Gasteiger partial charge is 0.349 e. The standard InChI is InChI=1S/C14H16BrN5O2S/c1-8(10-5-3-4-6-11(10)15)17-12(21)7-23-14-19-18-9(2)13(22)20(14)16/h3-6,8H,7,16H2,1-2H3,(H,17,21)/t8-/m0/s1. The third-order valence-corrected chi connectivity index (χ3v) is 4.77. The van der Waals surface area contributed by atoms with Crippen LogP contribution in [0.5, 0.6) is 0 Å². The highest BCUT2D eigenvalue weighted by molar-refractivity contribution is 9.10. The van der Waals surface area contributed by atoms with Crippen LogP contribution in [-0.2, 0) is 4.79 Å². The smallest absolute Gasteiger partial charge is 0.294 e. The number of rotatable bonds is 5. The van der Waals surface area contributed by atoms with Crippen LogP contribution in [0.1, 0.15) is 24.2 Å². The van der Waals surface area contributed by atoms with Crippen molar-refractivity contribution >= 4 is 33.6 Å². The zero-order valence-corrected chi connectivity index (χ0v) is 15.0. The molecule has 2 rings (SSSR count). The van der Waals surface area contributed by atoms with Gasteiger partial charge in [0.05, 0.1) is 11.8 Å². The number of nitrogens with two attached hydrogens (primary N) is 1. The SMILES string of the molecule is Cc1nnc(SCC(=O)N[C@@H](C)c2ccccc2Br)n(N)c1=O. The molecule has 0 saturated heterocycles. The van der Waals surface area contributed by atoms with Crippen LogP contribution in [0.25, 0.3) is 0 Å². The van der Waals surface area contributed by atoms with Crippen molar-refractivity contribution in [1.29, 1.82) is 0 Å². The van der Waals surface area contributed by atoms with E-state index >= 15 is 0 Å². The van der Waals surface area contributed by atoms with Crippen molar-refractivity contribution in [3.8, 4) is 0 Å². The Morgan fingerprint density at radius 3 is 2.83 bits per heavy atom. The molecular weight excluding hydrogens is 382 g/mol. The van der Waals surface area contributed by atoms with Gasteiger partial charge in [-0.3, -0.25) is 9.59 Å². The van der Waals surface area contributed by atoms with Gasteiger partial charge < -0.3 is 11.2 Å². The van der Waals surface area contributed by atoms with Crippen LogP contribution in [-0.4, -0.2) is 26.5 Å². The Balaban J connectivity index is 1.97. The molecule has 1 aromatic heterocycles. The number of hydrogen-bond acceptors (Lipinski definition) is 6. The zero-order chi connectivity index (χ0) is 17.0. The maximum absolute atomic E-state index is 12.1. The molecule has 0 spiro atoms. The Hall–Kier alpha value is -1.87. The fourth-order valence-corrected chi connectivity index (χ4v) is 3.18. The molecule has 0 aliphatic carbocycles. The summed E-state index contributed by atoms with van der Waals surface area (Å²) in [6.45, 7) is 3.42. The molecule has 2 aromatic rings. The maximum Gasteiger partial charge on any atom is 0.294 e. The molecule has 0 radical (unpaired) electrons. The van der Waals surface area contributed by atoms with Crippen LogP contribution >= 0.6 is 27.7 Å². The second-order valence-electron chi connectivity index (χ2n) is 4.84. The van der Waals surface area contributed by atoms with Crippen LogP contribution in [0.15, 0.2) is 38.7 Å². The summed E-state index contributed by atoms with van der Waals surface area (Å²) in [5.41, 5.74) is 0.769. The lowest BCUT2D eigenvalue weighted by Gasteiger charge is -2.15. The second kappa shape index (κ2) is 7.60. The summed E-state index contributed by atoms with van der Waals surface area (Å²) in [5.74, 6) is 5.52. The van der Waals surface area contributed by atoms with Crippen molar-refractivity contribution in [2.45, 2.75) is 25.0 Å². The Morgan fingerprint density at radius 1 is 1.43 bits per heavy atom. The van der Waals surface area contributed by atoms with Crippen LogP contribution < -0.4 is 16.7 Å². The lowest BCUT2D eigenvalue weighted by molar-refractivity contribution is -0.119. The first kappa shape index (κ1) is 17.5. The summed E-state index contributed by atoms with van der Waals surface area (Å²) in [6.07, 6.45) is 0. The summed E-state index contributed by atoms with van der Waals surface area (Å²) in [7, 11) is 0. The monoisotopic (exact) mass is 397 g/mol. The Morgan fingerprint density at radius 2 is 2.13 bits per heavy atom. The van der Waals surface area contributed by atoms with Gasteiger partial charge in [0.2, 0.25) is 11.1 Å². The molecule has 1 heterocycles. The van der Waals surface area contributed by atoms with Gasteiger partial charge in [0.1, 0.15) is 5.69 Å². The lowest BCUT2D eigenvalue weighted by atomic mass is 10.1. The van der Waals surface area contributed by atoms with Gasteiger partial charge in [0.15, 0.2) is 0 Å². The van der Waals surface area contributed by atoms with E-state index in [1.165, 1.54) is 6.92 Å². The number of thioether (sulfide) groups is 1. The average Bonchev–Trinajstić information content (AvgIpc) is 2.52. The number of halogens is 1. The average molecular weight is 398 g/mol. The number of aromatic nitrogens is 3. The second-order valence-corrected chi connectivity index (χ2v) is 6.64. The zero-order valence-electron chi connectivity index (χ0n) is 12.6. The minimum absolute atomic E-state index is 0.0865. The van der Waals surface area contributed by atoms with Gasteiger partial charge in [0, 0.05) is 4.47 Å². The van der Waals surface area contributed by atoms with Gasteiger partial charge in [-0.1, -0.05) is 45.9 Å². The summed E-state index contributed by atoms with van der Waals surface area (Å²) in [4.78, 5) is 23.7. The number of nitrogens with zero attached hydrogens (tertiary/aromatic N) is 3. The fraction of sp³-hybridized carbons (Fsp3) is 0.286. The van der Waals surface area contributed by atoms with E-state index < -0.39 is 5.56 Å². The number of benzene rings is 1. The van der Waals surface area contributed by atoms with E-state index in [1.807, 2.05) is 31.2 Å². The van der Waals surface area contributed by atoms with Crippen molar-refractivity contribution < 1.29 is 4.79 Å². The van der Waals surface area contributed by atoms with E-state index in [-0.39, 0.29) is 28.6 Å². The maximum atomic E-state index is 12.1. The number of carbonyl (C=O) groups excluding carboxylic acids is 1. The number of nitrogen functional groups attached to an aromatic ring is 1. The van der Waals surface area contributed by atoms with E-state index in [0.717, 1.165) is 26.5 Å². The van der Waals surface area contributed by atoms with E-state index in [0.29, 0.717) is 0 Å². The Kier molecular flexibility index (Phi) is 5.78. The molecule has 0 aliphatic heterocycles. The van der Waals surface area contributed by atoms with Crippen molar-refractivity contribution in [2.24, 2.45) is 0 Å². The van der Waals surface area contributed by atoms with E-state index in [2.05, 4.69) is 31.4 Å². The number of carbonyl (C=O) groups is 1. The molecule has 0 aliphatic rings. The van der Waals surface area contributed by atoms with Gasteiger partial charge in [-0.2, -0.15) is 4.68 Å². The van der Waals surface area contributed by atoms with Gasteiger partial charge in [0.25, 0.3) is 5.56 Å². The van der Waals surface area contributed by atoms with Crippen molar-refractivity contribution in [1.82, 2.24) is 20.2 Å². The number of amides is 1. The lowest BCUT2D eigenvalue weighted by Crippen LogP contribution is -2.33. The minimum atomic E-state index is -0.426. The first-order valence-electron chi connectivity index (χ1n) is 6.78. The topological polar surface area (TPSA) is 103 Å². The van der Waals surface area contributed by atoms with Gasteiger partial charge in [-0.15, -0.1) is 10.2 Å². The van der Waals surface area contributed by atoms with Crippen molar-refractivity contribution in [3.63, 3.8) is 0 Å². The summed E-state index contributed by atoms with van der Waals surface area (Å²) >= 11 is 4.52. The molecule has 0 bridgehead atoms. The van der Waals surface area contributed by atoms with E-state index in [1.54, 1.807) is 0 Å². The number of hydrogen-bond donors (Lipinski definition) is 2. The van der Waals surface area contributed by atoms with Gasteiger partial charge >= 0.3 is 0 Å². The van der Waals surface area contributed by atoms with Gasteiger partial charge in [-0.25, -0.2) is 0 Å². The first-order valence-corrected chi connectivity index (χ1v) is 8.56. The van der Waals surface area contributed by atoms with E-state index in [4.69, 9.17) is 5.84 Å². The molecule has 0 unspecified atom stereocenters. The van der Waals surface area contributed by atoms with Crippen LogP contribution in [0, 0.1) is 6.92 Å². The number of nitrogens with one attached hydrogen (secondary N) is 1. The predicted molar refractivity (Wildman–Crippen MR) is 92.6 cm³/mol. The Bertz CT molecular complexity index is 780. The van der Waals surface area contributed by atoms with Crippen molar-refractivity contribution in [3.05, 3.63) is 50.3 Å². The van der Waals surface area contributed by atoms with Crippen LogP contribution in [0.2, 0.25) is 0 Å². The molecule has 23 heavy (non-hydrogen) atoms. The predicted octanol–water partition coefficient (Wildman–Crippen LogP) is 1.39. The molecule has 1 aromatic carbocycles. The molecule has 0 saturated carbocycles. The summed E-state index contributed by atoms with van der Waals surface area (Å²) in [5, 5.41) is 10.6. The highest BCUT2D eigenvalue weighted by atomic mass is 79.9. The summed E-state index contributed by atoms with van der Waals surface area (Å²) in [6, 6.07) is 7.52. The van der Waals surface area contributed by atoms with Crippen LogP contribution in [0.3, 0.4) is 0 Å². The quantitative estimate of drug-likeness (QED) is 0.583. The normalized spacial score (nSPS) is 12.0. The molecule has 122 valence electrons.